The number of hydrogen-bond donors (Lipinski definition) is 1. The fourth-order valence-electron chi connectivity index (χ4n) is 5.67. The van der Waals surface area contributed by atoms with Crippen LogP contribution in [0.2, 0.25) is 5.02 Å². The number of carbonyl (C=O) groups excluding carboxylic acids is 1. The average molecular weight is 532 g/mol. The second kappa shape index (κ2) is 11.4. The van der Waals surface area contributed by atoms with Crippen molar-refractivity contribution in [2.45, 2.75) is 38.3 Å². The molecule has 1 aromatic heterocycles. The number of benzene rings is 3. The predicted molar refractivity (Wildman–Crippen MR) is 152 cm³/mol. The van der Waals surface area contributed by atoms with Gasteiger partial charge in [-0.15, -0.1) is 0 Å². The summed E-state index contributed by atoms with van der Waals surface area (Å²) in [5.74, 6) is 0.559. The standard InChI is InChI=1S/C31H34ClN3O3/c32-27-20-23(31(36)33-13-18-34-14-3-4-15-34)8-10-30(27)37-24-11-16-35(17-12-24)21-22-7-9-29-26(19-22)25-5-1-2-6-28(25)38-29/h1-2,5-10,19-20,24H,3-4,11-18,21H2,(H,33,36). The zero-order valence-corrected chi connectivity index (χ0v) is 22.4. The molecule has 4 aromatic rings. The number of hydrogen-bond acceptors (Lipinski definition) is 5. The van der Waals surface area contributed by atoms with Crippen LogP contribution in [-0.2, 0) is 6.54 Å². The molecule has 198 valence electrons. The van der Waals surface area contributed by atoms with Gasteiger partial charge in [0.25, 0.3) is 5.91 Å². The van der Waals surface area contributed by atoms with Crippen LogP contribution in [0.5, 0.6) is 5.75 Å². The van der Waals surface area contributed by atoms with Crippen LogP contribution in [0, 0.1) is 0 Å². The molecule has 38 heavy (non-hydrogen) atoms. The number of furan rings is 1. The van der Waals surface area contributed by atoms with E-state index < -0.39 is 0 Å². The van der Waals surface area contributed by atoms with Crippen molar-refractivity contribution < 1.29 is 13.9 Å². The summed E-state index contributed by atoms with van der Waals surface area (Å²) >= 11 is 6.51. The SMILES string of the molecule is O=C(NCCN1CCCC1)c1ccc(OC2CCN(Cc3ccc4oc5ccccc5c4c3)CC2)c(Cl)c1. The summed E-state index contributed by atoms with van der Waals surface area (Å²) in [5.41, 5.74) is 3.73. The Morgan fingerprint density at radius 3 is 2.53 bits per heavy atom. The third kappa shape index (κ3) is 5.68. The maximum absolute atomic E-state index is 12.5. The predicted octanol–water partition coefficient (Wildman–Crippen LogP) is 6.11. The highest BCUT2D eigenvalue weighted by atomic mass is 35.5. The van der Waals surface area contributed by atoms with Crippen molar-refractivity contribution in [3.05, 3.63) is 76.8 Å². The number of ether oxygens (including phenoxy) is 1. The summed E-state index contributed by atoms with van der Waals surface area (Å²) < 4.78 is 12.2. The van der Waals surface area contributed by atoms with Gasteiger partial charge in [-0.05, 0) is 80.7 Å². The molecule has 6 rings (SSSR count). The largest absolute Gasteiger partial charge is 0.489 e. The van der Waals surface area contributed by atoms with Gasteiger partial charge < -0.3 is 19.4 Å². The highest BCUT2D eigenvalue weighted by molar-refractivity contribution is 6.32. The normalized spacial score (nSPS) is 17.4. The Balaban J connectivity index is 0.997. The van der Waals surface area contributed by atoms with E-state index in [1.807, 2.05) is 18.2 Å². The second-order valence-electron chi connectivity index (χ2n) is 10.5. The summed E-state index contributed by atoms with van der Waals surface area (Å²) in [6.07, 6.45) is 4.50. The molecule has 0 radical (unpaired) electrons. The molecule has 2 aliphatic heterocycles. The van der Waals surface area contributed by atoms with Crippen molar-refractivity contribution >= 4 is 39.4 Å². The lowest BCUT2D eigenvalue weighted by Crippen LogP contribution is -2.37. The van der Waals surface area contributed by atoms with Crippen LogP contribution < -0.4 is 10.1 Å². The van der Waals surface area contributed by atoms with E-state index in [2.05, 4.69) is 45.4 Å². The summed E-state index contributed by atoms with van der Waals surface area (Å²) in [4.78, 5) is 17.4. The van der Waals surface area contributed by atoms with Gasteiger partial charge in [-0.2, -0.15) is 0 Å². The van der Waals surface area contributed by atoms with Gasteiger partial charge in [0.05, 0.1) is 5.02 Å². The number of likely N-dealkylation sites (tertiary alicyclic amines) is 2. The van der Waals surface area contributed by atoms with Crippen LogP contribution in [0.1, 0.15) is 41.6 Å². The van der Waals surface area contributed by atoms with Gasteiger partial charge in [-0.25, -0.2) is 0 Å². The van der Waals surface area contributed by atoms with Gasteiger partial charge in [0, 0.05) is 49.1 Å². The molecular weight excluding hydrogens is 498 g/mol. The van der Waals surface area contributed by atoms with E-state index >= 15 is 0 Å². The maximum atomic E-state index is 12.5. The van der Waals surface area contributed by atoms with Crippen molar-refractivity contribution in [3.8, 4) is 5.75 Å². The number of para-hydroxylation sites is 1. The van der Waals surface area contributed by atoms with Crippen LogP contribution in [0.25, 0.3) is 21.9 Å². The van der Waals surface area contributed by atoms with Crippen molar-refractivity contribution in [1.29, 1.82) is 0 Å². The van der Waals surface area contributed by atoms with E-state index in [0.29, 0.717) is 22.9 Å². The molecule has 0 atom stereocenters. The number of halogens is 1. The number of nitrogens with one attached hydrogen (secondary N) is 1. The third-order valence-corrected chi connectivity index (χ3v) is 8.08. The summed E-state index contributed by atoms with van der Waals surface area (Å²) in [6.45, 7) is 6.64. The van der Waals surface area contributed by atoms with E-state index in [1.165, 1.54) is 29.2 Å². The molecule has 7 heteroatoms. The van der Waals surface area contributed by atoms with Crippen molar-refractivity contribution in [2.75, 3.05) is 39.3 Å². The first-order chi connectivity index (χ1) is 18.6. The zero-order chi connectivity index (χ0) is 25.9. The lowest BCUT2D eigenvalue weighted by Gasteiger charge is -2.32. The molecular formula is C31H34ClN3O3. The van der Waals surface area contributed by atoms with Crippen molar-refractivity contribution in [2.24, 2.45) is 0 Å². The van der Waals surface area contributed by atoms with Gasteiger partial charge >= 0.3 is 0 Å². The molecule has 0 saturated carbocycles. The molecule has 0 aliphatic carbocycles. The van der Waals surface area contributed by atoms with E-state index in [-0.39, 0.29) is 12.0 Å². The Morgan fingerprint density at radius 1 is 0.921 bits per heavy atom. The Morgan fingerprint density at radius 2 is 1.71 bits per heavy atom. The molecule has 0 bridgehead atoms. The second-order valence-corrected chi connectivity index (χ2v) is 10.9. The lowest BCUT2D eigenvalue weighted by atomic mass is 10.1. The Kier molecular flexibility index (Phi) is 7.54. The summed E-state index contributed by atoms with van der Waals surface area (Å²) in [6, 6.07) is 20.1. The summed E-state index contributed by atoms with van der Waals surface area (Å²) in [5, 5.41) is 5.83. The average Bonchev–Trinajstić information content (AvgIpc) is 3.58. The minimum atomic E-state index is -0.0902. The fraction of sp³-hybridized carbons (Fsp3) is 0.387. The minimum Gasteiger partial charge on any atom is -0.489 e. The summed E-state index contributed by atoms with van der Waals surface area (Å²) in [7, 11) is 0. The number of rotatable bonds is 8. The van der Waals surface area contributed by atoms with Crippen LogP contribution in [0.3, 0.4) is 0 Å². The monoisotopic (exact) mass is 531 g/mol. The fourth-order valence-corrected chi connectivity index (χ4v) is 5.89. The van der Waals surface area contributed by atoms with Crippen LogP contribution in [0.15, 0.2) is 65.1 Å². The highest BCUT2D eigenvalue weighted by Gasteiger charge is 2.22. The molecule has 0 unspecified atom stereocenters. The lowest BCUT2D eigenvalue weighted by molar-refractivity contribution is 0.0947. The number of fused-ring (bicyclic) bond motifs is 3. The first-order valence-corrected chi connectivity index (χ1v) is 14.1. The minimum absolute atomic E-state index is 0.0902. The molecule has 2 saturated heterocycles. The number of carbonyl (C=O) groups is 1. The Labute approximate surface area is 228 Å². The van der Waals surface area contributed by atoms with Crippen LogP contribution >= 0.6 is 11.6 Å². The molecule has 1 N–H and O–H groups in total. The molecule has 6 nitrogen and oxygen atoms in total. The maximum Gasteiger partial charge on any atom is 0.251 e. The first kappa shape index (κ1) is 25.2. The van der Waals surface area contributed by atoms with Gasteiger partial charge in [0.1, 0.15) is 23.0 Å². The van der Waals surface area contributed by atoms with E-state index in [1.54, 1.807) is 12.1 Å². The molecule has 3 aromatic carbocycles. The molecule has 2 fully saturated rings. The first-order valence-electron chi connectivity index (χ1n) is 13.7. The molecule has 1 amide bonds. The van der Waals surface area contributed by atoms with Gasteiger partial charge in [-0.1, -0.05) is 35.9 Å². The third-order valence-electron chi connectivity index (χ3n) is 7.78. The van der Waals surface area contributed by atoms with E-state index in [4.69, 9.17) is 20.8 Å². The van der Waals surface area contributed by atoms with Gasteiger partial charge in [0.15, 0.2) is 0 Å². The Hall–Kier alpha value is -3.06. The number of amides is 1. The van der Waals surface area contributed by atoms with Gasteiger partial charge in [0.2, 0.25) is 0 Å². The van der Waals surface area contributed by atoms with Crippen LogP contribution in [-0.4, -0.2) is 61.1 Å². The Bertz CT molecular complexity index is 1420. The number of nitrogens with zero attached hydrogens (tertiary/aromatic N) is 2. The zero-order valence-electron chi connectivity index (χ0n) is 21.6. The smallest absolute Gasteiger partial charge is 0.251 e. The van der Waals surface area contributed by atoms with E-state index in [9.17, 15) is 4.79 Å². The molecule has 0 spiro atoms. The van der Waals surface area contributed by atoms with E-state index in [0.717, 1.165) is 63.3 Å². The topological polar surface area (TPSA) is 58.0 Å². The molecule has 2 aliphatic rings. The van der Waals surface area contributed by atoms with Crippen molar-refractivity contribution in [1.82, 2.24) is 15.1 Å². The van der Waals surface area contributed by atoms with Crippen LogP contribution in [0.4, 0.5) is 0 Å². The number of piperidine rings is 1. The van der Waals surface area contributed by atoms with Gasteiger partial charge in [-0.3, -0.25) is 9.69 Å². The van der Waals surface area contributed by atoms with Crippen molar-refractivity contribution in [3.63, 3.8) is 0 Å². The highest BCUT2D eigenvalue weighted by Crippen LogP contribution is 2.31. The quantitative estimate of drug-likeness (QED) is 0.297. The molecule has 3 heterocycles.